The molecule has 20 heavy (non-hydrogen) atoms. The van der Waals surface area contributed by atoms with Gasteiger partial charge in [0.2, 0.25) is 0 Å². The molecule has 1 aromatic rings. The van der Waals surface area contributed by atoms with Gasteiger partial charge in [0.15, 0.2) is 0 Å². The fourth-order valence-electron chi connectivity index (χ4n) is 2.36. The van der Waals surface area contributed by atoms with E-state index in [0.29, 0.717) is 6.04 Å². The van der Waals surface area contributed by atoms with Gasteiger partial charge in [0.25, 0.3) is 0 Å². The van der Waals surface area contributed by atoms with E-state index in [0.717, 1.165) is 31.4 Å². The van der Waals surface area contributed by atoms with E-state index in [4.69, 9.17) is 4.74 Å². The molecule has 0 amide bonds. The van der Waals surface area contributed by atoms with Gasteiger partial charge < -0.3 is 15.0 Å². The second kappa shape index (κ2) is 8.98. The first kappa shape index (κ1) is 17.0. The van der Waals surface area contributed by atoms with Crippen molar-refractivity contribution in [2.45, 2.75) is 39.8 Å². The summed E-state index contributed by atoms with van der Waals surface area (Å²) in [7, 11) is 4.13. The van der Waals surface area contributed by atoms with E-state index in [1.807, 2.05) is 19.2 Å². The molecule has 1 atom stereocenters. The van der Waals surface area contributed by atoms with E-state index in [1.165, 1.54) is 12.0 Å². The second-order valence-corrected chi connectivity index (χ2v) is 5.95. The van der Waals surface area contributed by atoms with Gasteiger partial charge in [0, 0.05) is 24.7 Å². The third-order valence-electron chi connectivity index (χ3n) is 3.61. The molecule has 0 bridgehead atoms. The lowest BCUT2D eigenvalue weighted by Crippen LogP contribution is -2.33. The number of benzene rings is 1. The zero-order valence-corrected chi connectivity index (χ0v) is 13.6. The fourth-order valence-corrected chi connectivity index (χ4v) is 2.36. The quantitative estimate of drug-likeness (QED) is 0.751. The molecule has 0 fully saturated rings. The maximum atomic E-state index is 5.93. The van der Waals surface area contributed by atoms with Crippen molar-refractivity contribution in [3.8, 4) is 5.75 Å². The number of rotatable bonds is 9. The molecule has 0 aliphatic rings. The van der Waals surface area contributed by atoms with Crippen LogP contribution in [0.2, 0.25) is 0 Å². The minimum absolute atomic E-state index is 0.603. The monoisotopic (exact) mass is 278 g/mol. The molecule has 0 aromatic heterocycles. The van der Waals surface area contributed by atoms with Crippen LogP contribution < -0.4 is 10.1 Å². The topological polar surface area (TPSA) is 24.5 Å². The molecule has 0 saturated heterocycles. The van der Waals surface area contributed by atoms with Crippen LogP contribution in [0.5, 0.6) is 5.75 Å². The largest absolute Gasteiger partial charge is 0.492 e. The highest BCUT2D eigenvalue weighted by Gasteiger charge is 2.11. The molecule has 0 aliphatic carbocycles. The lowest BCUT2D eigenvalue weighted by atomic mass is 10.0. The predicted octanol–water partition coefficient (Wildman–Crippen LogP) is 3.15. The summed E-state index contributed by atoms with van der Waals surface area (Å²) in [5, 5.41) is 3.17. The number of likely N-dealkylation sites (N-methyl/N-ethyl adjacent to an activating group) is 1. The summed E-state index contributed by atoms with van der Waals surface area (Å²) in [6.07, 6.45) is 1.23. The molecule has 0 radical (unpaired) electrons. The van der Waals surface area contributed by atoms with Crippen LogP contribution in [0.4, 0.5) is 0 Å². The molecule has 0 saturated carbocycles. The first-order chi connectivity index (χ1) is 9.54. The highest BCUT2D eigenvalue weighted by molar-refractivity contribution is 5.33. The molecule has 3 heteroatoms. The lowest BCUT2D eigenvalue weighted by Gasteiger charge is -2.26. The molecular weight excluding hydrogens is 248 g/mol. The van der Waals surface area contributed by atoms with Crippen LogP contribution in [0.3, 0.4) is 0 Å². The van der Waals surface area contributed by atoms with E-state index in [9.17, 15) is 0 Å². The zero-order chi connectivity index (χ0) is 15.0. The average molecular weight is 278 g/mol. The van der Waals surface area contributed by atoms with Gasteiger partial charge >= 0.3 is 0 Å². The molecule has 0 heterocycles. The van der Waals surface area contributed by atoms with Gasteiger partial charge in [0.05, 0.1) is 0 Å². The van der Waals surface area contributed by atoms with Crippen molar-refractivity contribution in [1.82, 2.24) is 10.2 Å². The Kier molecular flexibility index (Phi) is 7.63. The van der Waals surface area contributed by atoms with Crippen molar-refractivity contribution < 1.29 is 4.74 Å². The third kappa shape index (κ3) is 5.93. The Bertz CT molecular complexity index is 379. The number of ether oxygens (including phenoxy) is 1. The van der Waals surface area contributed by atoms with E-state index in [1.54, 1.807) is 0 Å². The number of hydrogen-bond acceptors (Lipinski definition) is 3. The number of nitrogens with one attached hydrogen (secondary N) is 1. The Morgan fingerprint density at radius 3 is 2.55 bits per heavy atom. The molecule has 1 unspecified atom stereocenters. The van der Waals surface area contributed by atoms with Gasteiger partial charge in [-0.15, -0.1) is 0 Å². The Morgan fingerprint density at radius 1 is 1.20 bits per heavy atom. The van der Waals surface area contributed by atoms with Crippen LogP contribution >= 0.6 is 0 Å². The number of para-hydroxylation sites is 1. The van der Waals surface area contributed by atoms with Gasteiger partial charge in [-0.1, -0.05) is 32.0 Å². The molecule has 114 valence electrons. The summed E-state index contributed by atoms with van der Waals surface area (Å²) >= 11 is 0. The van der Waals surface area contributed by atoms with Gasteiger partial charge in [-0.2, -0.15) is 0 Å². The Hall–Kier alpha value is -1.06. The van der Waals surface area contributed by atoms with Crippen LogP contribution in [0.25, 0.3) is 0 Å². The van der Waals surface area contributed by atoms with Crippen LogP contribution in [-0.2, 0) is 6.54 Å². The van der Waals surface area contributed by atoms with Crippen molar-refractivity contribution >= 4 is 0 Å². The summed E-state index contributed by atoms with van der Waals surface area (Å²) in [6.45, 7) is 9.37. The first-order valence-corrected chi connectivity index (χ1v) is 7.60. The van der Waals surface area contributed by atoms with E-state index in [2.05, 4.69) is 50.2 Å². The molecule has 3 nitrogen and oxygen atoms in total. The summed E-state index contributed by atoms with van der Waals surface area (Å²) in [5.74, 6) is 1.73. The van der Waals surface area contributed by atoms with Crippen molar-refractivity contribution in [1.29, 1.82) is 0 Å². The van der Waals surface area contributed by atoms with Crippen LogP contribution in [-0.4, -0.2) is 38.2 Å². The summed E-state index contributed by atoms with van der Waals surface area (Å²) in [4.78, 5) is 2.38. The second-order valence-electron chi connectivity index (χ2n) is 5.95. The number of hydrogen-bond donors (Lipinski definition) is 1. The zero-order valence-electron chi connectivity index (χ0n) is 13.6. The highest BCUT2D eigenvalue weighted by atomic mass is 16.5. The maximum absolute atomic E-state index is 5.93. The number of nitrogens with zero attached hydrogens (tertiary/aromatic N) is 1. The first-order valence-electron chi connectivity index (χ1n) is 7.60. The van der Waals surface area contributed by atoms with Crippen LogP contribution in [0.1, 0.15) is 32.8 Å². The van der Waals surface area contributed by atoms with Gasteiger partial charge in [0.1, 0.15) is 12.4 Å². The smallest absolute Gasteiger partial charge is 0.123 e. The predicted molar refractivity (Wildman–Crippen MR) is 86.2 cm³/mol. The van der Waals surface area contributed by atoms with Crippen LogP contribution in [0.15, 0.2) is 24.3 Å². The van der Waals surface area contributed by atoms with E-state index in [-0.39, 0.29) is 0 Å². The maximum Gasteiger partial charge on any atom is 0.123 e. The molecule has 0 spiro atoms. The Morgan fingerprint density at radius 2 is 1.90 bits per heavy atom. The minimum Gasteiger partial charge on any atom is -0.492 e. The van der Waals surface area contributed by atoms with Crippen LogP contribution in [0, 0.1) is 5.92 Å². The van der Waals surface area contributed by atoms with Crippen molar-refractivity contribution in [3.63, 3.8) is 0 Å². The molecular formula is C17H30N2O. The SMILES string of the molecule is CNCc1ccccc1OCCN(C)C(C)CC(C)C. The third-order valence-corrected chi connectivity index (χ3v) is 3.61. The van der Waals surface area contributed by atoms with Crippen molar-refractivity contribution in [3.05, 3.63) is 29.8 Å². The van der Waals surface area contributed by atoms with Gasteiger partial charge in [-0.3, -0.25) is 0 Å². The summed E-state index contributed by atoms with van der Waals surface area (Å²) in [5.41, 5.74) is 1.22. The van der Waals surface area contributed by atoms with Gasteiger partial charge in [-0.05, 0) is 39.4 Å². The summed E-state index contributed by atoms with van der Waals surface area (Å²) < 4.78 is 5.93. The van der Waals surface area contributed by atoms with E-state index >= 15 is 0 Å². The van der Waals surface area contributed by atoms with Crippen molar-refractivity contribution in [2.24, 2.45) is 5.92 Å². The van der Waals surface area contributed by atoms with Crippen molar-refractivity contribution in [2.75, 3.05) is 27.2 Å². The molecule has 1 rings (SSSR count). The fraction of sp³-hybridized carbons (Fsp3) is 0.647. The summed E-state index contributed by atoms with van der Waals surface area (Å²) in [6, 6.07) is 8.84. The Balaban J connectivity index is 2.40. The lowest BCUT2D eigenvalue weighted by molar-refractivity contribution is 0.183. The van der Waals surface area contributed by atoms with Gasteiger partial charge in [-0.25, -0.2) is 0 Å². The molecule has 1 N–H and O–H groups in total. The Labute approximate surface area is 124 Å². The highest BCUT2D eigenvalue weighted by Crippen LogP contribution is 2.17. The molecule has 1 aromatic carbocycles. The van der Waals surface area contributed by atoms with E-state index < -0.39 is 0 Å². The standard InChI is InChI=1S/C17H30N2O/c1-14(2)12-15(3)19(5)10-11-20-17-9-7-6-8-16(17)13-18-4/h6-9,14-15,18H,10-13H2,1-5H3. The normalized spacial score (nSPS) is 12.9. The minimum atomic E-state index is 0.603. The average Bonchev–Trinajstić information content (AvgIpc) is 2.40. The molecule has 0 aliphatic heterocycles.